The Morgan fingerprint density at radius 2 is 1.89 bits per heavy atom. The van der Waals surface area contributed by atoms with Crippen molar-refractivity contribution in [3.63, 3.8) is 0 Å². The minimum absolute atomic E-state index is 0.297. The molecule has 0 spiro atoms. The molecule has 1 aromatic heterocycles. The van der Waals surface area contributed by atoms with Gasteiger partial charge in [0.1, 0.15) is 0 Å². The number of carbonyl (C=O) groups is 1. The van der Waals surface area contributed by atoms with Gasteiger partial charge in [0.2, 0.25) is 0 Å². The summed E-state index contributed by atoms with van der Waals surface area (Å²) in [7, 11) is 0. The number of hydrazone groups is 1. The van der Waals surface area contributed by atoms with Gasteiger partial charge in [0.15, 0.2) is 0 Å². The minimum atomic E-state index is -0.297. The Balaban J connectivity index is 1.62. The molecule has 1 amide bonds. The van der Waals surface area contributed by atoms with Crippen molar-refractivity contribution in [2.45, 2.75) is 20.4 Å². The summed E-state index contributed by atoms with van der Waals surface area (Å²) < 4.78 is 1.94. The monoisotopic (exact) mass is 400 g/mol. The van der Waals surface area contributed by atoms with Gasteiger partial charge in [-0.05, 0) is 49.7 Å². The van der Waals surface area contributed by atoms with Gasteiger partial charge in [-0.3, -0.25) is 9.48 Å². The van der Waals surface area contributed by atoms with E-state index in [4.69, 9.17) is 23.2 Å². The lowest BCUT2D eigenvalue weighted by Gasteiger charge is -2.06. The van der Waals surface area contributed by atoms with Crippen LogP contribution in [0.3, 0.4) is 0 Å². The molecule has 138 valence electrons. The first kappa shape index (κ1) is 19.1. The number of rotatable bonds is 5. The Labute approximate surface area is 167 Å². The molecule has 3 aromatic rings. The molecular weight excluding hydrogens is 383 g/mol. The van der Waals surface area contributed by atoms with Crippen molar-refractivity contribution in [1.29, 1.82) is 0 Å². The van der Waals surface area contributed by atoms with E-state index in [9.17, 15) is 4.79 Å². The average Bonchev–Trinajstić information content (AvgIpc) is 2.94. The van der Waals surface area contributed by atoms with Crippen LogP contribution in [0.5, 0.6) is 0 Å². The minimum Gasteiger partial charge on any atom is -0.267 e. The fourth-order valence-electron chi connectivity index (χ4n) is 2.60. The predicted octanol–water partition coefficient (Wildman–Crippen LogP) is 4.62. The SMILES string of the molecule is Cc1cc(C)n(Cc2ccc(C(=O)N/N=C/c3ccc(Cl)cc3Cl)cc2)n1. The Bertz CT molecular complexity index is 994. The fourth-order valence-corrected chi connectivity index (χ4v) is 3.06. The average molecular weight is 401 g/mol. The number of halogens is 2. The van der Waals surface area contributed by atoms with Gasteiger partial charge in [0, 0.05) is 21.8 Å². The summed E-state index contributed by atoms with van der Waals surface area (Å²) in [4.78, 5) is 12.2. The Morgan fingerprint density at radius 1 is 1.15 bits per heavy atom. The second kappa shape index (κ2) is 8.37. The smallest absolute Gasteiger partial charge is 0.267 e. The van der Waals surface area contributed by atoms with Gasteiger partial charge in [0.05, 0.1) is 23.5 Å². The Hall–Kier alpha value is -2.63. The van der Waals surface area contributed by atoms with Gasteiger partial charge >= 0.3 is 0 Å². The number of benzene rings is 2. The lowest BCUT2D eigenvalue weighted by molar-refractivity contribution is 0.0955. The van der Waals surface area contributed by atoms with E-state index in [0.29, 0.717) is 27.7 Å². The van der Waals surface area contributed by atoms with Crippen LogP contribution in [0, 0.1) is 13.8 Å². The first-order valence-corrected chi connectivity index (χ1v) is 9.06. The van der Waals surface area contributed by atoms with Crippen LogP contribution in [0.15, 0.2) is 53.6 Å². The Morgan fingerprint density at radius 3 is 2.52 bits per heavy atom. The van der Waals surface area contributed by atoms with E-state index in [2.05, 4.69) is 15.6 Å². The van der Waals surface area contributed by atoms with E-state index < -0.39 is 0 Å². The van der Waals surface area contributed by atoms with E-state index in [-0.39, 0.29) is 5.91 Å². The summed E-state index contributed by atoms with van der Waals surface area (Å²) in [5, 5.41) is 9.40. The molecule has 0 unspecified atom stereocenters. The standard InChI is InChI=1S/C20H18Cl2N4O/c1-13-9-14(2)26(25-13)12-15-3-5-16(6-4-15)20(27)24-23-11-17-7-8-18(21)10-19(17)22/h3-11H,12H2,1-2H3,(H,24,27)/b23-11+. The normalized spacial score (nSPS) is 11.1. The summed E-state index contributed by atoms with van der Waals surface area (Å²) in [6.45, 7) is 4.65. The summed E-state index contributed by atoms with van der Waals surface area (Å²) >= 11 is 11.9. The van der Waals surface area contributed by atoms with Crippen LogP contribution in [0.2, 0.25) is 10.0 Å². The highest BCUT2D eigenvalue weighted by Crippen LogP contribution is 2.19. The summed E-state index contributed by atoms with van der Waals surface area (Å²) in [5.41, 5.74) is 6.83. The zero-order chi connectivity index (χ0) is 19.4. The molecule has 0 fully saturated rings. The van der Waals surface area contributed by atoms with Crippen molar-refractivity contribution in [3.05, 3.63) is 86.7 Å². The maximum atomic E-state index is 12.2. The molecule has 0 saturated heterocycles. The number of hydrogen-bond donors (Lipinski definition) is 1. The van der Waals surface area contributed by atoms with Crippen molar-refractivity contribution < 1.29 is 4.79 Å². The van der Waals surface area contributed by atoms with Gasteiger partial charge in [-0.15, -0.1) is 0 Å². The van der Waals surface area contributed by atoms with Crippen LogP contribution >= 0.6 is 23.2 Å². The quantitative estimate of drug-likeness (QED) is 0.501. The highest BCUT2D eigenvalue weighted by atomic mass is 35.5. The van der Waals surface area contributed by atoms with Crippen LogP contribution in [0.1, 0.15) is 32.9 Å². The van der Waals surface area contributed by atoms with Gasteiger partial charge in [-0.1, -0.05) is 41.4 Å². The third-order valence-corrected chi connectivity index (χ3v) is 4.55. The zero-order valence-electron chi connectivity index (χ0n) is 14.9. The molecule has 5 nitrogen and oxygen atoms in total. The zero-order valence-corrected chi connectivity index (χ0v) is 16.4. The van der Waals surface area contributed by atoms with E-state index in [0.717, 1.165) is 17.0 Å². The van der Waals surface area contributed by atoms with Crippen LogP contribution in [0.25, 0.3) is 0 Å². The molecule has 1 heterocycles. The van der Waals surface area contributed by atoms with Gasteiger partial charge in [-0.2, -0.15) is 10.2 Å². The molecule has 1 N–H and O–H groups in total. The van der Waals surface area contributed by atoms with Crippen LogP contribution < -0.4 is 5.43 Å². The molecule has 0 aliphatic carbocycles. The molecule has 0 bridgehead atoms. The van der Waals surface area contributed by atoms with E-state index in [1.807, 2.05) is 36.7 Å². The van der Waals surface area contributed by atoms with E-state index in [1.165, 1.54) is 6.21 Å². The maximum absolute atomic E-state index is 12.2. The second-order valence-corrected chi connectivity index (χ2v) is 6.99. The maximum Gasteiger partial charge on any atom is 0.271 e. The van der Waals surface area contributed by atoms with Crippen LogP contribution in [0.4, 0.5) is 0 Å². The van der Waals surface area contributed by atoms with Crippen LogP contribution in [-0.4, -0.2) is 21.9 Å². The second-order valence-electron chi connectivity index (χ2n) is 6.15. The number of aryl methyl sites for hydroxylation is 2. The Kier molecular flexibility index (Phi) is 5.94. The van der Waals surface area contributed by atoms with Gasteiger partial charge in [-0.25, -0.2) is 5.43 Å². The molecule has 3 rings (SSSR count). The first-order chi connectivity index (χ1) is 12.9. The number of nitrogens with one attached hydrogen (secondary N) is 1. The summed E-state index contributed by atoms with van der Waals surface area (Å²) in [5.74, 6) is -0.297. The lowest BCUT2D eigenvalue weighted by atomic mass is 10.1. The molecule has 0 aliphatic rings. The predicted molar refractivity (Wildman–Crippen MR) is 109 cm³/mol. The van der Waals surface area contributed by atoms with Crippen LogP contribution in [-0.2, 0) is 6.54 Å². The molecule has 2 aromatic carbocycles. The molecular formula is C20H18Cl2N4O. The van der Waals surface area contributed by atoms with Crippen molar-refractivity contribution in [2.24, 2.45) is 5.10 Å². The molecule has 27 heavy (non-hydrogen) atoms. The van der Waals surface area contributed by atoms with Crippen molar-refractivity contribution in [2.75, 3.05) is 0 Å². The van der Waals surface area contributed by atoms with Gasteiger partial charge in [0.25, 0.3) is 5.91 Å². The lowest BCUT2D eigenvalue weighted by Crippen LogP contribution is -2.17. The van der Waals surface area contributed by atoms with Crippen molar-refractivity contribution in [3.8, 4) is 0 Å². The molecule has 7 heteroatoms. The topological polar surface area (TPSA) is 59.3 Å². The molecule has 0 radical (unpaired) electrons. The molecule has 0 saturated carbocycles. The third kappa shape index (κ3) is 4.96. The third-order valence-electron chi connectivity index (χ3n) is 3.98. The number of hydrogen-bond acceptors (Lipinski definition) is 3. The van der Waals surface area contributed by atoms with E-state index in [1.54, 1.807) is 30.3 Å². The first-order valence-electron chi connectivity index (χ1n) is 8.31. The highest BCUT2D eigenvalue weighted by Gasteiger charge is 2.06. The summed E-state index contributed by atoms with van der Waals surface area (Å²) in [6, 6.07) is 14.4. The number of amides is 1. The van der Waals surface area contributed by atoms with E-state index >= 15 is 0 Å². The number of aromatic nitrogens is 2. The number of carbonyl (C=O) groups excluding carboxylic acids is 1. The highest BCUT2D eigenvalue weighted by molar-refractivity contribution is 6.36. The summed E-state index contributed by atoms with van der Waals surface area (Å²) in [6.07, 6.45) is 1.48. The largest absolute Gasteiger partial charge is 0.271 e. The number of nitrogens with zero attached hydrogens (tertiary/aromatic N) is 3. The van der Waals surface area contributed by atoms with Gasteiger partial charge < -0.3 is 0 Å². The van der Waals surface area contributed by atoms with Crippen molar-refractivity contribution >= 4 is 35.3 Å². The van der Waals surface area contributed by atoms with Crippen molar-refractivity contribution in [1.82, 2.24) is 15.2 Å². The fraction of sp³-hybridized carbons (Fsp3) is 0.150. The molecule has 0 atom stereocenters. The molecule has 0 aliphatic heterocycles.